The lowest BCUT2D eigenvalue weighted by atomic mass is 10.1. The van der Waals surface area contributed by atoms with Crippen LogP contribution in [-0.2, 0) is 25.1 Å². The largest absolute Gasteiger partial charge is 0.462 e. The molecule has 1 atom stereocenters. The van der Waals surface area contributed by atoms with Crippen LogP contribution in [-0.4, -0.2) is 27.9 Å². The second-order valence-electron chi connectivity index (χ2n) is 4.78. The van der Waals surface area contributed by atoms with Crippen molar-refractivity contribution in [1.29, 1.82) is 0 Å². The molecule has 6 heteroatoms. The summed E-state index contributed by atoms with van der Waals surface area (Å²) in [5, 5.41) is 0. The summed E-state index contributed by atoms with van der Waals surface area (Å²) in [5.74, 6) is -0.309. The Bertz CT molecular complexity index is 304. The Hall–Kier alpha value is -0.720. The zero-order valence-electron chi connectivity index (χ0n) is 12.3. The molecule has 0 aliphatic rings. The predicted octanol–water partition coefficient (Wildman–Crippen LogP) is 3.38. The third-order valence-corrected chi connectivity index (χ3v) is 3.17. The fourth-order valence-electron chi connectivity index (χ4n) is 1.68. The first kappa shape index (κ1) is 19.3. The van der Waals surface area contributed by atoms with Crippen molar-refractivity contribution in [2.24, 2.45) is 0 Å². The van der Waals surface area contributed by atoms with Crippen LogP contribution in [0.15, 0.2) is 12.2 Å². The molecule has 0 aliphatic carbocycles. The normalized spacial score (nSPS) is 12.1. The molecule has 20 heavy (non-hydrogen) atoms. The highest BCUT2D eigenvalue weighted by Crippen LogP contribution is 2.09. The second-order valence-corrected chi connectivity index (χ2v) is 5.45. The first-order valence-electron chi connectivity index (χ1n) is 7.11. The Morgan fingerprint density at radius 1 is 1.00 bits per heavy atom. The van der Waals surface area contributed by atoms with Crippen LogP contribution in [0, 0.1) is 0 Å². The minimum Gasteiger partial charge on any atom is -0.462 e. The van der Waals surface area contributed by atoms with Gasteiger partial charge in [0.2, 0.25) is 0 Å². The molecule has 0 aliphatic heterocycles. The number of hydrogen-bond acceptors (Lipinski definition) is 4. The molecule has 0 radical (unpaired) electrons. The van der Waals surface area contributed by atoms with Gasteiger partial charge in [0, 0.05) is 5.57 Å². The quantitative estimate of drug-likeness (QED) is 0.244. The van der Waals surface area contributed by atoms with Gasteiger partial charge in [0.05, 0.1) is 13.2 Å². The van der Waals surface area contributed by atoms with Gasteiger partial charge in [0.25, 0.3) is 0 Å². The summed E-state index contributed by atoms with van der Waals surface area (Å²) in [6.07, 6.45) is 8.39. The Kier molecular flexibility index (Phi) is 12.8. The van der Waals surface area contributed by atoms with Gasteiger partial charge in [0.15, 0.2) is 0 Å². The lowest BCUT2D eigenvalue weighted by Crippen LogP contribution is -2.05. The minimum atomic E-state index is -2.13. The number of unbranched alkanes of at least 4 members (excludes halogenated alkanes) is 7. The van der Waals surface area contributed by atoms with E-state index in [0.29, 0.717) is 18.8 Å². The van der Waals surface area contributed by atoms with Gasteiger partial charge in [-0.25, -0.2) is 4.79 Å². The first-order valence-corrected chi connectivity index (χ1v) is 8.14. The lowest BCUT2D eigenvalue weighted by molar-refractivity contribution is -0.139. The van der Waals surface area contributed by atoms with Crippen molar-refractivity contribution in [2.45, 2.75) is 58.3 Å². The minimum absolute atomic E-state index is 0.309. The highest BCUT2D eigenvalue weighted by Gasteiger charge is 2.01. The molecule has 118 valence electrons. The van der Waals surface area contributed by atoms with E-state index < -0.39 is 11.4 Å². The number of esters is 1. The molecule has 1 unspecified atom stereocenters. The highest BCUT2D eigenvalue weighted by molar-refractivity contribution is 7.74. The van der Waals surface area contributed by atoms with Crippen molar-refractivity contribution in [1.82, 2.24) is 0 Å². The zero-order valence-corrected chi connectivity index (χ0v) is 13.1. The van der Waals surface area contributed by atoms with Gasteiger partial charge >= 0.3 is 17.3 Å². The van der Waals surface area contributed by atoms with E-state index in [1.54, 1.807) is 6.92 Å². The van der Waals surface area contributed by atoms with Gasteiger partial charge in [-0.3, -0.25) is 8.74 Å². The number of ether oxygens (including phenoxy) is 1. The fourth-order valence-corrected chi connectivity index (χ4v) is 1.94. The molecule has 0 aromatic heterocycles. The van der Waals surface area contributed by atoms with E-state index >= 15 is 0 Å². The van der Waals surface area contributed by atoms with Crippen molar-refractivity contribution < 1.29 is 22.5 Å². The third kappa shape index (κ3) is 13.7. The summed E-state index contributed by atoms with van der Waals surface area (Å²) in [6, 6.07) is 0. The van der Waals surface area contributed by atoms with Gasteiger partial charge in [0.1, 0.15) is 0 Å². The molecule has 0 bridgehead atoms. The fraction of sp³-hybridized carbons (Fsp3) is 0.786. The Labute approximate surface area is 124 Å². The van der Waals surface area contributed by atoms with E-state index in [4.69, 9.17) is 9.29 Å². The average Bonchev–Trinajstić information content (AvgIpc) is 2.39. The van der Waals surface area contributed by atoms with E-state index in [1.165, 1.54) is 6.42 Å². The van der Waals surface area contributed by atoms with Crippen LogP contribution in [0.25, 0.3) is 0 Å². The van der Waals surface area contributed by atoms with E-state index in [-0.39, 0.29) is 5.97 Å². The predicted molar refractivity (Wildman–Crippen MR) is 79.4 cm³/mol. The molecule has 0 amide bonds. The van der Waals surface area contributed by atoms with E-state index in [2.05, 4.69) is 10.8 Å². The van der Waals surface area contributed by atoms with Crippen molar-refractivity contribution in [2.75, 3.05) is 13.2 Å². The average molecular weight is 306 g/mol. The molecular weight excluding hydrogens is 280 g/mol. The standard InChI is InChI=1S/C14H26O5S/c1-13(2)14(15)18-11-9-7-5-3-4-6-8-10-12-19-20(16)17/h1,3-12H2,2H3,(H,16,17). The summed E-state index contributed by atoms with van der Waals surface area (Å²) >= 11 is -2.13. The molecule has 0 aromatic rings. The monoisotopic (exact) mass is 306 g/mol. The molecule has 5 nitrogen and oxygen atoms in total. The maximum Gasteiger partial charge on any atom is 0.333 e. The van der Waals surface area contributed by atoms with E-state index in [0.717, 1.165) is 44.9 Å². The Balaban J connectivity index is 3.12. The van der Waals surface area contributed by atoms with Crippen LogP contribution >= 0.6 is 0 Å². The Morgan fingerprint density at radius 3 is 1.90 bits per heavy atom. The molecule has 0 heterocycles. The van der Waals surface area contributed by atoms with Gasteiger partial charge in [-0.15, -0.1) is 0 Å². The maximum absolute atomic E-state index is 11.1. The molecular formula is C14H26O5S. The van der Waals surface area contributed by atoms with Crippen molar-refractivity contribution in [3.63, 3.8) is 0 Å². The van der Waals surface area contributed by atoms with Crippen LogP contribution in [0.5, 0.6) is 0 Å². The van der Waals surface area contributed by atoms with Crippen molar-refractivity contribution in [3.05, 3.63) is 12.2 Å². The highest BCUT2D eigenvalue weighted by atomic mass is 32.2. The smallest absolute Gasteiger partial charge is 0.333 e. The van der Waals surface area contributed by atoms with Gasteiger partial charge in [-0.1, -0.05) is 45.1 Å². The summed E-state index contributed by atoms with van der Waals surface area (Å²) in [4.78, 5) is 11.1. The van der Waals surface area contributed by atoms with Gasteiger partial charge in [-0.05, 0) is 19.8 Å². The third-order valence-electron chi connectivity index (χ3n) is 2.80. The first-order chi connectivity index (χ1) is 9.54. The summed E-state index contributed by atoms with van der Waals surface area (Å²) < 4.78 is 28.1. The molecule has 0 saturated carbocycles. The number of carbonyl (C=O) groups is 1. The van der Waals surface area contributed by atoms with Crippen LogP contribution in [0.4, 0.5) is 0 Å². The van der Waals surface area contributed by atoms with E-state index in [9.17, 15) is 9.00 Å². The number of hydrogen-bond donors (Lipinski definition) is 1. The van der Waals surface area contributed by atoms with Crippen LogP contribution in [0.2, 0.25) is 0 Å². The molecule has 1 N–H and O–H groups in total. The number of rotatable bonds is 13. The molecule has 0 saturated heterocycles. The molecule has 0 rings (SSSR count). The summed E-state index contributed by atoms with van der Waals surface area (Å²) in [7, 11) is 0. The van der Waals surface area contributed by atoms with Crippen LogP contribution in [0.3, 0.4) is 0 Å². The SMILES string of the molecule is C=C(C)C(=O)OCCCCCCCCCCOS(=O)O. The van der Waals surface area contributed by atoms with Crippen LogP contribution in [0.1, 0.15) is 58.3 Å². The molecule has 0 aromatic carbocycles. The molecule has 0 spiro atoms. The van der Waals surface area contributed by atoms with Crippen molar-refractivity contribution in [3.8, 4) is 0 Å². The topological polar surface area (TPSA) is 72.8 Å². The summed E-state index contributed by atoms with van der Waals surface area (Å²) in [6.45, 7) is 5.98. The van der Waals surface area contributed by atoms with Gasteiger partial charge < -0.3 is 4.74 Å². The zero-order chi connectivity index (χ0) is 15.2. The van der Waals surface area contributed by atoms with Crippen molar-refractivity contribution >= 4 is 17.3 Å². The maximum atomic E-state index is 11.1. The van der Waals surface area contributed by atoms with Gasteiger partial charge in [-0.2, -0.15) is 4.21 Å². The Morgan fingerprint density at radius 2 is 1.45 bits per heavy atom. The second kappa shape index (κ2) is 13.3. The lowest BCUT2D eigenvalue weighted by Gasteiger charge is -2.04. The molecule has 0 fully saturated rings. The summed E-state index contributed by atoms with van der Waals surface area (Å²) in [5.41, 5.74) is 0.444. The number of carbonyl (C=O) groups excluding carboxylic acids is 1. The van der Waals surface area contributed by atoms with Crippen LogP contribution < -0.4 is 0 Å². The van der Waals surface area contributed by atoms with E-state index in [1.807, 2.05) is 0 Å².